The molecule has 1 fully saturated rings. The highest BCUT2D eigenvalue weighted by molar-refractivity contribution is 5.99. The van der Waals surface area contributed by atoms with E-state index < -0.39 is 29.7 Å². The van der Waals surface area contributed by atoms with Crippen molar-refractivity contribution in [1.82, 2.24) is 16.0 Å². The van der Waals surface area contributed by atoms with Crippen LogP contribution in [0.25, 0.3) is 10.8 Å². The SMILES string of the molecule is O=C(NCCOCCO)[C@@H]1C[C@H](C(=O)NCCOCCO)C[C@H](C(=O)N[C@@H](Cc2ccccc2)C(=O)Nc2ccc3ccccc3c2)C1. The summed E-state index contributed by atoms with van der Waals surface area (Å²) in [5.41, 5.74) is 1.46. The Morgan fingerprint density at radius 2 is 1.21 bits per heavy atom. The first-order valence-electron chi connectivity index (χ1n) is 16.4. The molecule has 4 rings (SSSR count). The van der Waals surface area contributed by atoms with Crippen molar-refractivity contribution < 1.29 is 38.9 Å². The monoisotopic (exact) mass is 662 g/mol. The normalized spacial score (nSPS) is 18.1. The number of rotatable bonds is 18. The van der Waals surface area contributed by atoms with Crippen molar-refractivity contribution in [2.24, 2.45) is 17.8 Å². The van der Waals surface area contributed by atoms with E-state index in [-0.39, 0.29) is 96.1 Å². The van der Waals surface area contributed by atoms with E-state index in [2.05, 4.69) is 21.3 Å². The summed E-state index contributed by atoms with van der Waals surface area (Å²) in [6.45, 7) is 0.942. The molecule has 4 amide bonds. The third-order valence-corrected chi connectivity index (χ3v) is 8.31. The van der Waals surface area contributed by atoms with Crippen molar-refractivity contribution in [3.8, 4) is 0 Å². The lowest BCUT2D eigenvalue weighted by atomic mass is 9.74. The first-order chi connectivity index (χ1) is 23.4. The minimum absolute atomic E-state index is 0.124. The van der Waals surface area contributed by atoms with Crippen LogP contribution in [-0.2, 0) is 35.1 Å². The van der Waals surface area contributed by atoms with Gasteiger partial charge in [-0.05, 0) is 47.7 Å². The van der Waals surface area contributed by atoms with Gasteiger partial charge in [-0.1, -0.05) is 60.7 Å². The van der Waals surface area contributed by atoms with Crippen LogP contribution in [0.15, 0.2) is 72.8 Å². The molecular formula is C36H46N4O8. The molecule has 3 aromatic rings. The smallest absolute Gasteiger partial charge is 0.247 e. The predicted molar refractivity (Wildman–Crippen MR) is 181 cm³/mol. The Balaban J connectivity index is 1.47. The lowest BCUT2D eigenvalue weighted by molar-refractivity contribution is -0.136. The van der Waals surface area contributed by atoms with Crippen LogP contribution in [0, 0.1) is 17.8 Å². The molecule has 1 aliphatic rings. The van der Waals surface area contributed by atoms with E-state index >= 15 is 0 Å². The Morgan fingerprint density at radius 3 is 1.79 bits per heavy atom. The van der Waals surface area contributed by atoms with Gasteiger partial charge in [0.25, 0.3) is 0 Å². The fourth-order valence-electron chi connectivity index (χ4n) is 5.92. The molecule has 0 spiro atoms. The maximum Gasteiger partial charge on any atom is 0.247 e. The number of aliphatic hydroxyl groups is 2. The molecule has 1 saturated carbocycles. The van der Waals surface area contributed by atoms with Crippen LogP contribution >= 0.6 is 0 Å². The molecule has 0 saturated heterocycles. The van der Waals surface area contributed by atoms with Gasteiger partial charge in [0.2, 0.25) is 23.6 Å². The van der Waals surface area contributed by atoms with E-state index in [1.54, 1.807) is 0 Å². The number of anilines is 1. The summed E-state index contributed by atoms with van der Waals surface area (Å²) in [5.74, 6) is -3.31. The number of hydrogen-bond acceptors (Lipinski definition) is 8. The number of fused-ring (bicyclic) bond motifs is 1. The lowest BCUT2D eigenvalue weighted by Crippen LogP contribution is -2.50. The Hall–Kier alpha value is -4.36. The van der Waals surface area contributed by atoms with Gasteiger partial charge < -0.3 is 41.0 Å². The van der Waals surface area contributed by atoms with Crippen molar-refractivity contribution in [3.05, 3.63) is 78.4 Å². The molecule has 258 valence electrons. The highest BCUT2D eigenvalue weighted by atomic mass is 16.5. The number of hydrogen-bond donors (Lipinski definition) is 6. The number of aliphatic hydroxyl groups excluding tert-OH is 2. The minimum atomic E-state index is -0.916. The maximum atomic E-state index is 13.9. The molecule has 12 nitrogen and oxygen atoms in total. The van der Waals surface area contributed by atoms with Crippen molar-refractivity contribution in [1.29, 1.82) is 0 Å². The molecule has 4 atom stereocenters. The van der Waals surface area contributed by atoms with E-state index in [1.165, 1.54) is 0 Å². The summed E-state index contributed by atoms with van der Waals surface area (Å²) >= 11 is 0. The number of amides is 4. The van der Waals surface area contributed by atoms with Gasteiger partial charge in [0.05, 0.1) is 39.6 Å². The Bertz CT molecular complexity index is 1450. The topological polar surface area (TPSA) is 175 Å². The van der Waals surface area contributed by atoms with E-state index in [0.717, 1.165) is 16.3 Å². The van der Waals surface area contributed by atoms with Gasteiger partial charge in [0.15, 0.2) is 0 Å². The lowest BCUT2D eigenvalue weighted by Gasteiger charge is -2.33. The van der Waals surface area contributed by atoms with Crippen LogP contribution < -0.4 is 21.3 Å². The fourth-order valence-corrected chi connectivity index (χ4v) is 5.92. The third kappa shape index (κ3) is 11.4. The van der Waals surface area contributed by atoms with Crippen LogP contribution in [0.2, 0.25) is 0 Å². The van der Waals surface area contributed by atoms with Gasteiger partial charge in [-0.2, -0.15) is 0 Å². The molecule has 1 aliphatic carbocycles. The number of ether oxygens (including phenoxy) is 2. The molecule has 48 heavy (non-hydrogen) atoms. The fraction of sp³-hybridized carbons (Fsp3) is 0.444. The third-order valence-electron chi connectivity index (χ3n) is 8.31. The van der Waals surface area contributed by atoms with E-state index in [1.807, 2.05) is 72.8 Å². The number of carbonyl (C=O) groups excluding carboxylic acids is 4. The summed E-state index contributed by atoms with van der Waals surface area (Å²) < 4.78 is 10.5. The van der Waals surface area contributed by atoms with Crippen LogP contribution in [0.4, 0.5) is 5.69 Å². The largest absolute Gasteiger partial charge is 0.394 e. The molecule has 0 aliphatic heterocycles. The highest BCUT2D eigenvalue weighted by Gasteiger charge is 2.40. The van der Waals surface area contributed by atoms with Crippen molar-refractivity contribution in [3.63, 3.8) is 0 Å². The Labute approximate surface area is 280 Å². The number of nitrogens with one attached hydrogen (secondary N) is 4. The molecule has 0 bridgehead atoms. The molecule has 0 heterocycles. The van der Waals surface area contributed by atoms with Crippen LogP contribution in [0.3, 0.4) is 0 Å². The first kappa shape index (κ1) is 36.5. The van der Waals surface area contributed by atoms with Gasteiger partial charge in [0.1, 0.15) is 6.04 Å². The zero-order valence-corrected chi connectivity index (χ0v) is 27.1. The predicted octanol–water partition coefficient (Wildman–Crippen LogP) is 1.79. The summed E-state index contributed by atoms with van der Waals surface area (Å²) in [4.78, 5) is 53.9. The maximum absolute atomic E-state index is 13.9. The Morgan fingerprint density at radius 1 is 0.667 bits per heavy atom. The zero-order valence-electron chi connectivity index (χ0n) is 27.1. The standard InChI is InChI=1S/C36H46N4O8/c41-14-18-47-16-12-37-33(43)28-21-29(34(44)38-13-17-48-19-15-42)23-30(22-28)35(45)40-32(20-25-6-2-1-3-7-25)36(46)39-31-11-10-26-8-4-5-9-27(26)24-31/h1-11,24,28-30,32,41-42H,12-23H2,(H,37,43)(H,38,44)(H,39,46)(H,40,45)/t28-,29+,30-,32-/m0/s1. The highest BCUT2D eigenvalue weighted by Crippen LogP contribution is 2.34. The van der Waals surface area contributed by atoms with Crippen LogP contribution in [-0.4, -0.2) is 92.6 Å². The second-order valence-electron chi connectivity index (χ2n) is 11.9. The van der Waals surface area contributed by atoms with Gasteiger partial charge in [-0.15, -0.1) is 0 Å². The molecule has 6 N–H and O–H groups in total. The summed E-state index contributed by atoms with van der Waals surface area (Å²) in [7, 11) is 0. The van der Waals surface area contributed by atoms with Crippen molar-refractivity contribution in [2.75, 3.05) is 58.0 Å². The van der Waals surface area contributed by atoms with Crippen molar-refractivity contribution in [2.45, 2.75) is 31.7 Å². The molecule has 12 heteroatoms. The molecule has 0 unspecified atom stereocenters. The van der Waals surface area contributed by atoms with E-state index in [4.69, 9.17) is 19.7 Å². The van der Waals surface area contributed by atoms with Gasteiger partial charge in [0, 0.05) is 43.0 Å². The molecular weight excluding hydrogens is 616 g/mol. The van der Waals surface area contributed by atoms with Crippen LogP contribution in [0.1, 0.15) is 24.8 Å². The number of benzene rings is 3. The Kier molecular flexibility index (Phi) is 14.8. The van der Waals surface area contributed by atoms with Gasteiger partial charge in [-0.25, -0.2) is 0 Å². The summed E-state index contributed by atoms with van der Waals surface area (Å²) in [6.07, 6.45) is 0.923. The average molecular weight is 663 g/mol. The minimum Gasteiger partial charge on any atom is -0.394 e. The summed E-state index contributed by atoms with van der Waals surface area (Å²) in [6, 6.07) is 21.9. The van der Waals surface area contributed by atoms with Gasteiger partial charge in [-0.3, -0.25) is 19.2 Å². The number of carbonyl (C=O) groups is 4. The van der Waals surface area contributed by atoms with E-state index in [0.29, 0.717) is 5.69 Å². The quantitative estimate of drug-likeness (QED) is 0.112. The molecule has 0 aromatic heterocycles. The molecule has 0 radical (unpaired) electrons. The van der Waals surface area contributed by atoms with E-state index in [9.17, 15) is 19.2 Å². The second-order valence-corrected chi connectivity index (χ2v) is 11.9. The van der Waals surface area contributed by atoms with Gasteiger partial charge >= 0.3 is 0 Å². The van der Waals surface area contributed by atoms with Crippen molar-refractivity contribution >= 4 is 40.1 Å². The molecule has 3 aromatic carbocycles. The van der Waals surface area contributed by atoms with Crippen LogP contribution in [0.5, 0.6) is 0 Å². The summed E-state index contributed by atoms with van der Waals surface area (Å²) in [5, 5.41) is 31.3. The first-order valence-corrected chi connectivity index (χ1v) is 16.4. The zero-order chi connectivity index (χ0) is 34.1. The average Bonchev–Trinajstić information content (AvgIpc) is 3.11. The second kappa shape index (κ2) is 19.5.